The average Bonchev–Trinajstić information content (AvgIpc) is 2.53. The molecule has 0 radical (unpaired) electrons. The predicted molar refractivity (Wildman–Crippen MR) is 80.5 cm³/mol. The van der Waals surface area contributed by atoms with E-state index in [2.05, 4.69) is 0 Å². The molecule has 0 saturated heterocycles. The number of hydrogen-bond acceptors (Lipinski definition) is 0. The number of halogens is 1. The van der Waals surface area contributed by atoms with E-state index >= 15 is 0 Å². The standard InChI is InChI=1S/C6H5F.C6H12.C6H6/c7-6-4-2-1-3-5-6;2*1-2-4-6-5-3-1/h1-5H;1-6H2;1-6H. The summed E-state index contributed by atoms with van der Waals surface area (Å²) in [5.41, 5.74) is 0. The molecule has 2 aromatic carbocycles. The highest BCUT2D eigenvalue weighted by Crippen LogP contribution is 2.15. The molecule has 3 rings (SSSR count). The zero-order valence-corrected chi connectivity index (χ0v) is 11.5. The van der Waals surface area contributed by atoms with Crippen molar-refractivity contribution in [2.45, 2.75) is 38.5 Å². The highest BCUT2D eigenvalue weighted by molar-refractivity contribution is 5.02. The number of hydrogen-bond donors (Lipinski definition) is 0. The molecule has 0 spiro atoms. The van der Waals surface area contributed by atoms with E-state index in [1.165, 1.54) is 50.7 Å². The van der Waals surface area contributed by atoms with Crippen LogP contribution in [0.5, 0.6) is 0 Å². The lowest BCUT2D eigenvalue weighted by atomic mass is 10.0. The van der Waals surface area contributed by atoms with Gasteiger partial charge in [0.05, 0.1) is 0 Å². The normalized spacial score (nSPS) is 13.3. The third-order valence-electron chi connectivity index (χ3n) is 2.90. The summed E-state index contributed by atoms with van der Waals surface area (Å²) in [6, 6.07) is 19.9. The molecule has 0 nitrogen and oxygen atoms in total. The van der Waals surface area contributed by atoms with Gasteiger partial charge in [-0.25, -0.2) is 4.39 Å². The fraction of sp³-hybridized carbons (Fsp3) is 0.333. The van der Waals surface area contributed by atoms with Crippen molar-refractivity contribution in [1.29, 1.82) is 0 Å². The maximum Gasteiger partial charge on any atom is 0.123 e. The Morgan fingerprint density at radius 2 is 0.737 bits per heavy atom. The summed E-state index contributed by atoms with van der Waals surface area (Å²) >= 11 is 0. The summed E-state index contributed by atoms with van der Waals surface area (Å²) in [6.07, 6.45) is 9.00. The highest BCUT2D eigenvalue weighted by Gasteiger charge is 1.95. The SMILES string of the molecule is C1CCCCC1.Fc1ccccc1.c1ccccc1. The summed E-state index contributed by atoms with van der Waals surface area (Å²) < 4.78 is 11.9. The molecule has 0 aromatic heterocycles. The zero-order valence-electron chi connectivity index (χ0n) is 11.5. The van der Waals surface area contributed by atoms with Gasteiger partial charge < -0.3 is 0 Å². The quantitative estimate of drug-likeness (QED) is 0.555. The van der Waals surface area contributed by atoms with Crippen LogP contribution in [0, 0.1) is 5.82 Å². The van der Waals surface area contributed by atoms with Gasteiger partial charge in [0.15, 0.2) is 0 Å². The largest absolute Gasteiger partial charge is 0.207 e. The van der Waals surface area contributed by atoms with Crippen molar-refractivity contribution in [3.63, 3.8) is 0 Å². The van der Waals surface area contributed by atoms with Crippen molar-refractivity contribution >= 4 is 0 Å². The van der Waals surface area contributed by atoms with Crippen LogP contribution in [0.15, 0.2) is 66.7 Å². The Balaban J connectivity index is 0.000000143. The molecule has 0 amide bonds. The van der Waals surface area contributed by atoms with Crippen molar-refractivity contribution in [1.82, 2.24) is 0 Å². The molecule has 2 aromatic rings. The maximum absolute atomic E-state index is 11.9. The highest BCUT2D eigenvalue weighted by atomic mass is 19.1. The second-order valence-electron chi connectivity index (χ2n) is 4.57. The monoisotopic (exact) mass is 258 g/mol. The summed E-state index contributed by atoms with van der Waals surface area (Å²) in [5.74, 6) is -0.178. The van der Waals surface area contributed by atoms with Gasteiger partial charge in [0.1, 0.15) is 5.82 Å². The van der Waals surface area contributed by atoms with Gasteiger partial charge in [-0.3, -0.25) is 0 Å². The first kappa shape index (κ1) is 15.4. The molecule has 0 N–H and O–H groups in total. The van der Waals surface area contributed by atoms with Crippen molar-refractivity contribution in [3.05, 3.63) is 72.5 Å². The molecule has 19 heavy (non-hydrogen) atoms. The average molecular weight is 258 g/mol. The Morgan fingerprint density at radius 1 is 0.474 bits per heavy atom. The third-order valence-corrected chi connectivity index (χ3v) is 2.90. The Morgan fingerprint density at radius 3 is 0.947 bits per heavy atom. The molecule has 1 saturated carbocycles. The smallest absolute Gasteiger partial charge is 0.123 e. The Bertz CT molecular complexity index is 341. The zero-order chi connectivity index (χ0) is 13.6. The topological polar surface area (TPSA) is 0 Å². The molecule has 1 fully saturated rings. The van der Waals surface area contributed by atoms with Crippen molar-refractivity contribution in [2.24, 2.45) is 0 Å². The molecule has 0 aliphatic heterocycles. The van der Waals surface area contributed by atoms with Crippen LogP contribution in [0.3, 0.4) is 0 Å². The molecule has 102 valence electrons. The molecular weight excluding hydrogens is 235 g/mol. The van der Waals surface area contributed by atoms with E-state index in [4.69, 9.17) is 0 Å². The molecule has 1 aliphatic rings. The van der Waals surface area contributed by atoms with Gasteiger partial charge in [-0.15, -0.1) is 0 Å². The Kier molecular flexibility index (Phi) is 9.31. The molecule has 0 atom stereocenters. The fourth-order valence-corrected chi connectivity index (χ4v) is 1.86. The van der Waals surface area contributed by atoms with Crippen LogP contribution >= 0.6 is 0 Å². The van der Waals surface area contributed by atoms with Gasteiger partial charge in [0.2, 0.25) is 0 Å². The Hall–Kier alpha value is -1.63. The van der Waals surface area contributed by atoms with Crippen molar-refractivity contribution in [3.8, 4) is 0 Å². The lowest BCUT2D eigenvalue weighted by Crippen LogP contribution is -1.85. The fourth-order valence-electron chi connectivity index (χ4n) is 1.86. The van der Waals surface area contributed by atoms with E-state index in [-0.39, 0.29) is 5.82 Å². The van der Waals surface area contributed by atoms with Crippen molar-refractivity contribution < 1.29 is 4.39 Å². The van der Waals surface area contributed by atoms with E-state index < -0.39 is 0 Å². The molecule has 1 heteroatoms. The van der Waals surface area contributed by atoms with Gasteiger partial charge in [-0.2, -0.15) is 0 Å². The number of benzene rings is 2. The first-order chi connectivity index (χ1) is 9.39. The maximum atomic E-state index is 11.9. The minimum atomic E-state index is -0.178. The van der Waals surface area contributed by atoms with Gasteiger partial charge in [-0.05, 0) is 12.1 Å². The third kappa shape index (κ3) is 10.0. The van der Waals surface area contributed by atoms with Gasteiger partial charge in [0.25, 0.3) is 0 Å². The van der Waals surface area contributed by atoms with Crippen LogP contribution in [-0.2, 0) is 0 Å². The van der Waals surface area contributed by atoms with Crippen LogP contribution in [0.25, 0.3) is 0 Å². The molecule has 1 aliphatic carbocycles. The van der Waals surface area contributed by atoms with Crippen LogP contribution in [-0.4, -0.2) is 0 Å². The van der Waals surface area contributed by atoms with Crippen molar-refractivity contribution in [2.75, 3.05) is 0 Å². The van der Waals surface area contributed by atoms with Gasteiger partial charge in [0, 0.05) is 0 Å². The summed E-state index contributed by atoms with van der Waals surface area (Å²) in [5, 5.41) is 0. The number of rotatable bonds is 0. The summed E-state index contributed by atoms with van der Waals surface area (Å²) in [6.45, 7) is 0. The van der Waals surface area contributed by atoms with E-state index in [9.17, 15) is 4.39 Å². The molecular formula is C18H23F. The van der Waals surface area contributed by atoms with E-state index in [0.29, 0.717) is 0 Å². The van der Waals surface area contributed by atoms with Crippen LogP contribution in [0.2, 0.25) is 0 Å². The van der Waals surface area contributed by atoms with Gasteiger partial charge >= 0.3 is 0 Å². The minimum Gasteiger partial charge on any atom is -0.207 e. The van der Waals surface area contributed by atoms with E-state index in [1.54, 1.807) is 18.2 Å². The van der Waals surface area contributed by atoms with Gasteiger partial charge in [-0.1, -0.05) is 93.1 Å². The molecule has 0 bridgehead atoms. The molecule has 0 heterocycles. The minimum absolute atomic E-state index is 0.178. The summed E-state index contributed by atoms with van der Waals surface area (Å²) in [7, 11) is 0. The lowest BCUT2D eigenvalue weighted by molar-refractivity contribution is 0.504. The summed E-state index contributed by atoms with van der Waals surface area (Å²) in [4.78, 5) is 0. The first-order valence-electron chi connectivity index (χ1n) is 7.10. The van der Waals surface area contributed by atoms with E-state index in [1.807, 2.05) is 36.4 Å². The van der Waals surface area contributed by atoms with Crippen LogP contribution in [0.4, 0.5) is 4.39 Å². The Labute approximate surface area is 116 Å². The predicted octanol–water partition coefficient (Wildman–Crippen LogP) is 5.85. The lowest BCUT2D eigenvalue weighted by Gasteiger charge is -2.05. The van der Waals surface area contributed by atoms with Crippen LogP contribution < -0.4 is 0 Å². The second-order valence-corrected chi connectivity index (χ2v) is 4.57. The first-order valence-corrected chi connectivity index (χ1v) is 7.10. The second kappa shape index (κ2) is 11.5. The van der Waals surface area contributed by atoms with E-state index in [0.717, 1.165) is 0 Å². The molecule has 0 unspecified atom stereocenters. The van der Waals surface area contributed by atoms with Crippen LogP contribution in [0.1, 0.15) is 38.5 Å².